The topological polar surface area (TPSA) is 35.8 Å². The van der Waals surface area contributed by atoms with E-state index in [2.05, 4.69) is 50.4 Å². The molecule has 0 saturated carbocycles. The minimum absolute atomic E-state index is 0.383. The predicted molar refractivity (Wildman–Crippen MR) is 89.0 cm³/mol. The van der Waals surface area contributed by atoms with Gasteiger partial charge in [-0.3, -0.25) is 5.32 Å². The molecule has 1 unspecified atom stereocenters. The summed E-state index contributed by atoms with van der Waals surface area (Å²) in [6, 6.07) is 9.11. The third-order valence-electron chi connectivity index (χ3n) is 3.31. The van der Waals surface area contributed by atoms with E-state index < -0.39 is 0 Å². The highest BCUT2D eigenvalue weighted by atomic mass is 32.2. The van der Waals surface area contributed by atoms with E-state index in [1.165, 1.54) is 16.7 Å². The van der Waals surface area contributed by atoms with E-state index in [0.717, 1.165) is 30.9 Å². The van der Waals surface area contributed by atoms with Gasteiger partial charge in [-0.2, -0.15) is 17.0 Å². The lowest BCUT2D eigenvalue weighted by molar-refractivity contribution is 0.437. The molecule has 0 saturated heterocycles. The van der Waals surface area contributed by atoms with E-state index in [1.54, 1.807) is 0 Å². The summed E-state index contributed by atoms with van der Waals surface area (Å²) in [5.41, 5.74) is 3.65. The zero-order valence-corrected chi connectivity index (χ0v) is 13.9. The van der Waals surface area contributed by atoms with Crippen molar-refractivity contribution < 1.29 is 0 Å². The third-order valence-corrected chi connectivity index (χ3v) is 4.34. The van der Waals surface area contributed by atoms with Gasteiger partial charge in [-0.1, -0.05) is 36.2 Å². The zero-order chi connectivity index (χ0) is 15.0. The Morgan fingerprint density at radius 1 is 1.25 bits per heavy atom. The van der Waals surface area contributed by atoms with Gasteiger partial charge in [-0.15, -0.1) is 0 Å². The Labute approximate surface area is 128 Å². The van der Waals surface area contributed by atoms with Crippen molar-refractivity contribution >= 4 is 11.8 Å². The second kappa shape index (κ2) is 8.34. The maximum absolute atomic E-state index is 9.28. The second-order valence-corrected chi connectivity index (χ2v) is 6.77. The first-order valence-electron chi connectivity index (χ1n) is 7.30. The van der Waals surface area contributed by atoms with E-state index in [1.807, 2.05) is 18.7 Å². The summed E-state index contributed by atoms with van der Waals surface area (Å²) < 4.78 is 0. The van der Waals surface area contributed by atoms with Crippen LogP contribution in [-0.4, -0.2) is 17.8 Å². The quantitative estimate of drug-likeness (QED) is 0.729. The first kappa shape index (κ1) is 17.1. The first-order valence-corrected chi connectivity index (χ1v) is 8.46. The van der Waals surface area contributed by atoms with Crippen molar-refractivity contribution in [2.24, 2.45) is 0 Å². The molecule has 20 heavy (non-hydrogen) atoms. The lowest BCUT2D eigenvalue weighted by Crippen LogP contribution is -2.41. The van der Waals surface area contributed by atoms with Gasteiger partial charge in [-0.05, 0) is 51.5 Å². The molecule has 1 aromatic carbocycles. The van der Waals surface area contributed by atoms with Crippen LogP contribution in [0.5, 0.6) is 0 Å². The molecule has 1 rings (SSSR count). The van der Waals surface area contributed by atoms with Crippen LogP contribution in [-0.2, 0) is 5.75 Å². The fourth-order valence-electron chi connectivity index (χ4n) is 2.20. The van der Waals surface area contributed by atoms with Crippen LogP contribution in [0.25, 0.3) is 0 Å². The normalized spacial score (nSPS) is 13.8. The molecule has 0 aliphatic carbocycles. The largest absolute Gasteiger partial charge is 0.300 e. The summed E-state index contributed by atoms with van der Waals surface area (Å²) in [6.45, 7) is 9.32. The van der Waals surface area contributed by atoms with Crippen molar-refractivity contribution in [3.8, 4) is 6.07 Å². The number of nitrogens with zero attached hydrogens (tertiary/aromatic N) is 1. The molecule has 1 atom stereocenters. The lowest BCUT2D eigenvalue weighted by atomic mass is 10.0. The second-order valence-electron chi connectivity index (χ2n) is 5.67. The van der Waals surface area contributed by atoms with Crippen LogP contribution in [0.4, 0.5) is 0 Å². The maximum Gasteiger partial charge on any atom is 0.104 e. The number of aryl methyl sites for hydroxylation is 2. The molecule has 1 N–H and O–H groups in total. The number of benzene rings is 1. The van der Waals surface area contributed by atoms with Gasteiger partial charge in [0.15, 0.2) is 0 Å². The smallest absolute Gasteiger partial charge is 0.104 e. The lowest BCUT2D eigenvalue weighted by Gasteiger charge is -2.22. The van der Waals surface area contributed by atoms with Crippen molar-refractivity contribution in [2.45, 2.75) is 51.8 Å². The molecule has 0 aromatic heterocycles. The standard InChI is InChI=1S/C17H26N2S/c1-5-7-19-17(4,13-18)6-8-20-12-16-10-14(2)9-15(3)11-16/h9-11,19H,5-8,12H2,1-4H3. The summed E-state index contributed by atoms with van der Waals surface area (Å²) >= 11 is 1.91. The molecule has 1 aromatic rings. The van der Waals surface area contributed by atoms with Crippen LogP contribution >= 0.6 is 11.8 Å². The summed E-state index contributed by atoms with van der Waals surface area (Å²) in [7, 11) is 0. The molecule has 2 nitrogen and oxygen atoms in total. The Hall–Kier alpha value is -0.980. The van der Waals surface area contributed by atoms with Crippen LogP contribution in [0, 0.1) is 25.2 Å². The van der Waals surface area contributed by atoms with Crippen molar-refractivity contribution in [3.05, 3.63) is 34.9 Å². The summed E-state index contributed by atoms with van der Waals surface area (Å²) in [4.78, 5) is 0. The molecule has 110 valence electrons. The Balaban J connectivity index is 2.39. The first-order chi connectivity index (χ1) is 9.49. The maximum atomic E-state index is 9.28. The van der Waals surface area contributed by atoms with E-state index in [0.29, 0.717) is 0 Å². The molecule has 0 heterocycles. The SMILES string of the molecule is CCCNC(C)(C#N)CCSCc1cc(C)cc(C)c1. The number of hydrogen-bond acceptors (Lipinski definition) is 3. The number of nitriles is 1. The van der Waals surface area contributed by atoms with E-state index >= 15 is 0 Å². The van der Waals surface area contributed by atoms with Crippen molar-refractivity contribution in [2.75, 3.05) is 12.3 Å². The number of thioether (sulfide) groups is 1. The average Bonchev–Trinajstić information content (AvgIpc) is 2.40. The van der Waals surface area contributed by atoms with E-state index in [4.69, 9.17) is 0 Å². The van der Waals surface area contributed by atoms with Gasteiger partial charge < -0.3 is 0 Å². The van der Waals surface area contributed by atoms with Crippen molar-refractivity contribution in [1.82, 2.24) is 5.32 Å². The predicted octanol–water partition coefficient (Wildman–Crippen LogP) is 4.21. The molecule has 0 aliphatic rings. The molecule has 0 bridgehead atoms. The Morgan fingerprint density at radius 2 is 1.90 bits per heavy atom. The van der Waals surface area contributed by atoms with Gasteiger partial charge in [0, 0.05) is 5.75 Å². The molecule has 0 amide bonds. The highest BCUT2D eigenvalue weighted by Crippen LogP contribution is 2.19. The van der Waals surface area contributed by atoms with Crippen molar-refractivity contribution in [1.29, 1.82) is 5.26 Å². The molecule has 0 fully saturated rings. The zero-order valence-electron chi connectivity index (χ0n) is 13.1. The third kappa shape index (κ3) is 5.98. The summed E-state index contributed by atoms with van der Waals surface area (Å²) in [6.07, 6.45) is 1.95. The Kier molecular flexibility index (Phi) is 7.12. The highest BCUT2D eigenvalue weighted by molar-refractivity contribution is 7.98. The average molecular weight is 290 g/mol. The van der Waals surface area contributed by atoms with Gasteiger partial charge >= 0.3 is 0 Å². The highest BCUT2D eigenvalue weighted by Gasteiger charge is 2.21. The van der Waals surface area contributed by atoms with Crippen LogP contribution < -0.4 is 5.32 Å². The van der Waals surface area contributed by atoms with Crippen LogP contribution in [0.1, 0.15) is 43.4 Å². The molecule has 0 spiro atoms. The van der Waals surface area contributed by atoms with Gasteiger partial charge in [0.25, 0.3) is 0 Å². The fraction of sp³-hybridized carbons (Fsp3) is 0.588. The fourth-order valence-corrected chi connectivity index (χ4v) is 3.30. The minimum atomic E-state index is -0.383. The monoisotopic (exact) mass is 290 g/mol. The molecule has 0 aliphatic heterocycles. The molecular formula is C17H26N2S. The summed E-state index contributed by atoms with van der Waals surface area (Å²) in [5.74, 6) is 2.03. The molecular weight excluding hydrogens is 264 g/mol. The van der Waals surface area contributed by atoms with E-state index in [9.17, 15) is 5.26 Å². The number of hydrogen-bond donors (Lipinski definition) is 1. The molecule has 3 heteroatoms. The Morgan fingerprint density at radius 3 is 2.45 bits per heavy atom. The number of rotatable bonds is 8. The van der Waals surface area contributed by atoms with Crippen LogP contribution in [0.15, 0.2) is 18.2 Å². The van der Waals surface area contributed by atoms with Crippen molar-refractivity contribution in [3.63, 3.8) is 0 Å². The van der Waals surface area contributed by atoms with Crippen LogP contribution in [0.2, 0.25) is 0 Å². The molecule has 0 radical (unpaired) electrons. The van der Waals surface area contributed by atoms with Crippen LogP contribution in [0.3, 0.4) is 0 Å². The minimum Gasteiger partial charge on any atom is -0.300 e. The van der Waals surface area contributed by atoms with Gasteiger partial charge in [0.05, 0.1) is 6.07 Å². The van der Waals surface area contributed by atoms with E-state index in [-0.39, 0.29) is 5.54 Å². The van der Waals surface area contributed by atoms with Gasteiger partial charge in [0.2, 0.25) is 0 Å². The van der Waals surface area contributed by atoms with Gasteiger partial charge in [-0.25, -0.2) is 0 Å². The Bertz CT molecular complexity index is 444. The number of nitrogens with one attached hydrogen (secondary N) is 1. The summed E-state index contributed by atoms with van der Waals surface area (Å²) in [5, 5.41) is 12.6. The van der Waals surface area contributed by atoms with Gasteiger partial charge in [0.1, 0.15) is 5.54 Å².